The van der Waals surface area contributed by atoms with Crippen molar-refractivity contribution >= 4 is 0 Å². The fourth-order valence-corrected chi connectivity index (χ4v) is 3.53. The van der Waals surface area contributed by atoms with Crippen LogP contribution in [0.15, 0.2) is 18.2 Å². The number of fused-ring (bicyclic) bond motifs is 2. The molecule has 2 aromatic rings. The Bertz CT molecular complexity index is 846. The molecule has 2 saturated heterocycles. The highest BCUT2D eigenvalue weighted by Crippen LogP contribution is 2.33. The fraction of sp³-hybridized carbons (Fsp3) is 0.500. The van der Waals surface area contributed by atoms with E-state index in [0.29, 0.717) is 12.4 Å². The summed E-state index contributed by atoms with van der Waals surface area (Å²) in [5.41, 5.74) is -1.25. The maximum absolute atomic E-state index is 13.2. The van der Waals surface area contributed by atoms with Crippen molar-refractivity contribution in [1.82, 2.24) is 25.1 Å². The van der Waals surface area contributed by atoms with Gasteiger partial charge >= 0.3 is 6.18 Å². The average molecular weight is 364 g/mol. The Morgan fingerprint density at radius 3 is 2.62 bits per heavy atom. The topological polar surface area (TPSA) is 79.9 Å². The third-order valence-corrected chi connectivity index (χ3v) is 4.69. The predicted molar refractivity (Wildman–Crippen MR) is 82.0 cm³/mol. The fourth-order valence-electron chi connectivity index (χ4n) is 3.53. The Balaban J connectivity index is 1.62. The molecule has 0 aliphatic carbocycles. The number of aromatic nitrogens is 4. The lowest BCUT2D eigenvalue weighted by atomic mass is 10.1. The molecule has 3 heterocycles. The Morgan fingerprint density at radius 1 is 1.23 bits per heavy atom. The zero-order valence-electron chi connectivity index (χ0n) is 13.6. The molecule has 7 nitrogen and oxygen atoms in total. The summed E-state index contributed by atoms with van der Waals surface area (Å²) in [5, 5.41) is 20.3. The van der Waals surface area contributed by atoms with E-state index in [4.69, 9.17) is 10.00 Å². The minimum absolute atomic E-state index is 0.174. The molecule has 2 aliphatic rings. The molecular formula is C16H15F3N6O. The van der Waals surface area contributed by atoms with E-state index in [1.54, 1.807) is 6.07 Å². The zero-order valence-corrected chi connectivity index (χ0v) is 13.6. The first kappa shape index (κ1) is 16.9. The lowest BCUT2D eigenvalue weighted by Crippen LogP contribution is -2.42. The van der Waals surface area contributed by atoms with E-state index in [-0.39, 0.29) is 17.9 Å². The number of alkyl halides is 3. The molecular weight excluding hydrogens is 349 g/mol. The van der Waals surface area contributed by atoms with Gasteiger partial charge in [0.15, 0.2) is 5.82 Å². The van der Waals surface area contributed by atoms with Gasteiger partial charge in [0.25, 0.3) is 0 Å². The molecule has 0 radical (unpaired) electrons. The van der Waals surface area contributed by atoms with Crippen molar-refractivity contribution in [3.63, 3.8) is 0 Å². The molecule has 0 N–H and O–H groups in total. The monoisotopic (exact) mass is 364 g/mol. The average Bonchev–Trinajstić information content (AvgIpc) is 3.19. The van der Waals surface area contributed by atoms with Gasteiger partial charge in [0, 0.05) is 13.1 Å². The summed E-state index contributed by atoms with van der Waals surface area (Å²) >= 11 is 0. The van der Waals surface area contributed by atoms with E-state index < -0.39 is 17.3 Å². The second-order valence-electron chi connectivity index (χ2n) is 6.50. The second-order valence-corrected chi connectivity index (χ2v) is 6.50. The van der Waals surface area contributed by atoms with Crippen molar-refractivity contribution in [2.75, 3.05) is 13.1 Å². The number of ether oxygens (including phenoxy) is 1. The van der Waals surface area contributed by atoms with Crippen LogP contribution in [0.2, 0.25) is 0 Å². The summed E-state index contributed by atoms with van der Waals surface area (Å²) in [6, 6.07) is 5.02. The lowest BCUT2D eigenvalue weighted by Gasteiger charge is -2.31. The number of hydrogen-bond acceptors (Lipinski definition) is 6. The second kappa shape index (κ2) is 6.34. The Hall–Kier alpha value is -2.51. The first-order chi connectivity index (χ1) is 12.4. The summed E-state index contributed by atoms with van der Waals surface area (Å²) in [5.74, 6) is 0.448. The number of nitriles is 1. The third kappa shape index (κ3) is 3.15. The van der Waals surface area contributed by atoms with Gasteiger partial charge in [0.05, 0.1) is 41.6 Å². The normalized spacial score (nSPS) is 23.2. The molecule has 136 valence electrons. The largest absolute Gasteiger partial charge is 0.417 e. The molecule has 2 atom stereocenters. The van der Waals surface area contributed by atoms with Crippen LogP contribution in [-0.4, -0.2) is 50.4 Å². The van der Waals surface area contributed by atoms with Crippen LogP contribution in [0.3, 0.4) is 0 Å². The summed E-state index contributed by atoms with van der Waals surface area (Å²) in [4.78, 5) is 2.16. The third-order valence-electron chi connectivity index (χ3n) is 4.69. The summed E-state index contributed by atoms with van der Waals surface area (Å²) in [6.07, 6.45) is -2.18. The Labute approximate surface area is 147 Å². The van der Waals surface area contributed by atoms with Crippen molar-refractivity contribution in [3.8, 4) is 11.8 Å². The van der Waals surface area contributed by atoms with Gasteiger partial charge in [-0.05, 0) is 41.5 Å². The quantitative estimate of drug-likeness (QED) is 0.828. The van der Waals surface area contributed by atoms with Crippen LogP contribution in [0.5, 0.6) is 0 Å². The van der Waals surface area contributed by atoms with Gasteiger partial charge in [-0.15, -0.1) is 5.10 Å². The molecule has 10 heteroatoms. The molecule has 2 unspecified atom stereocenters. The van der Waals surface area contributed by atoms with E-state index in [0.717, 1.165) is 38.1 Å². The highest BCUT2D eigenvalue weighted by Gasteiger charge is 2.35. The van der Waals surface area contributed by atoms with E-state index in [2.05, 4.69) is 20.4 Å². The molecule has 0 saturated carbocycles. The van der Waals surface area contributed by atoms with Gasteiger partial charge in [0.1, 0.15) is 0 Å². The molecule has 0 amide bonds. The maximum atomic E-state index is 13.2. The van der Waals surface area contributed by atoms with E-state index in [9.17, 15) is 13.2 Å². The predicted octanol–water partition coefficient (Wildman–Crippen LogP) is 1.92. The summed E-state index contributed by atoms with van der Waals surface area (Å²) < 4.78 is 46.6. The van der Waals surface area contributed by atoms with Gasteiger partial charge in [-0.1, -0.05) is 0 Å². The van der Waals surface area contributed by atoms with Crippen molar-refractivity contribution in [2.24, 2.45) is 0 Å². The van der Waals surface area contributed by atoms with Crippen molar-refractivity contribution in [3.05, 3.63) is 35.2 Å². The van der Waals surface area contributed by atoms with Crippen LogP contribution in [0.4, 0.5) is 13.2 Å². The number of benzene rings is 1. The van der Waals surface area contributed by atoms with Gasteiger partial charge < -0.3 is 4.74 Å². The van der Waals surface area contributed by atoms with Crippen molar-refractivity contribution in [1.29, 1.82) is 5.26 Å². The molecule has 2 aliphatic heterocycles. The first-order valence-electron chi connectivity index (χ1n) is 8.21. The van der Waals surface area contributed by atoms with Crippen molar-refractivity contribution < 1.29 is 17.9 Å². The number of tetrazole rings is 1. The van der Waals surface area contributed by atoms with Gasteiger partial charge in [-0.25, -0.2) is 0 Å². The molecule has 1 aromatic carbocycles. The molecule has 1 aromatic heterocycles. The van der Waals surface area contributed by atoms with E-state index in [1.165, 1.54) is 10.7 Å². The number of morpholine rings is 1. The van der Waals surface area contributed by atoms with Gasteiger partial charge in [-0.3, -0.25) is 4.90 Å². The zero-order chi connectivity index (χ0) is 18.3. The molecule has 0 spiro atoms. The van der Waals surface area contributed by atoms with Crippen LogP contribution in [0.1, 0.15) is 29.8 Å². The van der Waals surface area contributed by atoms with Crippen LogP contribution in [0, 0.1) is 11.3 Å². The Kier molecular flexibility index (Phi) is 4.13. The highest BCUT2D eigenvalue weighted by atomic mass is 19.4. The molecule has 4 rings (SSSR count). The molecule has 2 fully saturated rings. The van der Waals surface area contributed by atoms with E-state index >= 15 is 0 Å². The van der Waals surface area contributed by atoms with E-state index in [1.807, 2.05) is 0 Å². The lowest BCUT2D eigenvalue weighted by molar-refractivity contribution is -0.137. The SMILES string of the molecule is N#Cc1ccc(-n2nnnc2CN2CC3CCC(C2)O3)cc1C(F)(F)F. The number of nitrogens with zero attached hydrogens (tertiary/aromatic N) is 6. The van der Waals surface area contributed by atoms with Gasteiger partial charge in [-0.2, -0.15) is 23.1 Å². The van der Waals surface area contributed by atoms with Crippen molar-refractivity contribution in [2.45, 2.75) is 37.8 Å². The standard InChI is InChI=1S/C16H15F3N6O/c17-16(18,19)14-5-11(2-1-10(14)6-20)25-15(21-22-23-25)9-24-7-12-3-4-13(8-24)26-12/h1-2,5,12-13H,3-4,7-9H2. The van der Waals surface area contributed by atoms with Crippen LogP contribution < -0.4 is 0 Å². The first-order valence-corrected chi connectivity index (χ1v) is 8.21. The smallest absolute Gasteiger partial charge is 0.372 e. The number of likely N-dealkylation sites (tertiary alicyclic amines) is 1. The summed E-state index contributed by atoms with van der Waals surface area (Å²) in [7, 11) is 0. The number of hydrogen-bond donors (Lipinski definition) is 0. The van der Waals surface area contributed by atoms with Crippen LogP contribution >= 0.6 is 0 Å². The summed E-state index contributed by atoms with van der Waals surface area (Å²) in [6.45, 7) is 1.93. The van der Waals surface area contributed by atoms with Gasteiger partial charge in [0.2, 0.25) is 0 Å². The molecule has 26 heavy (non-hydrogen) atoms. The van der Waals surface area contributed by atoms with Crippen LogP contribution in [0.25, 0.3) is 5.69 Å². The van der Waals surface area contributed by atoms with Crippen LogP contribution in [-0.2, 0) is 17.5 Å². The minimum Gasteiger partial charge on any atom is -0.372 e. The highest BCUT2D eigenvalue weighted by molar-refractivity contribution is 5.47. The Morgan fingerprint density at radius 2 is 1.96 bits per heavy atom. The maximum Gasteiger partial charge on any atom is 0.417 e. The number of rotatable bonds is 3. The molecule has 2 bridgehead atoms. The minimum atomic E-state index is -4.63. The number of halogens is 3.